The fourth-order valence-electron chi connectivity index (χ4n) is 0.705. The molecule has 0 fully saturated rings. The zero-order valence-electron chi connectivity index (χ0n) is 5.31. The first kappa shape index (κ1) is 6.55. The van der Waals surface area contributed by atoms with Crippen LogP contribution >= 0.6 is 12.2 Å². The van der Waals surface area contributed by atoms with Crippen molar-refractivity contribution in [3.63, 3.8) is 0 Å². The fourth-order valence-corrected chi connectivity index (χ4v) is 0.885. The zero-order chi connectivity index (χ0) is 6.69. The summed E-state index contributed by atoms with van der Waals surface area (Å²) in [6, 6.07) is 0. The van der Waals surface area contributed by atoms with Gasteiger partial charge in [-0.15, -0.1) is 0 Å². The van der Waals surface area contributed by atoms with Crippen molar-refractivity contribution in [3.05, 3.63) is 16.8 Å². The summed E-state index contributed by atoms with van der Waals surface area (Å²) in [5.74, 6) is 0. The average Bonchev–Trinajstić information content (AvgIpc) is 2.17. The molecule has 0 atom stereocenters. The summed E-state index contributed by atoms with van der Waals surface area (Å²) in [7, 11) is 0. The molecular weight excluding hydrogens is 134 g/mol. The molecule has 0 unspecified atom stereocenters. The van der Waals surface area contributed by atoms with Gasteiger partial charge in [-0.2, -0.15) is 0 Å². The van der Waals surface area contributed by atoms with Crippen LogP contribution in [0.15, 0.2) is 10.7 Å². The van der Waals surface area contributed by atoms with Gasteiger partial charge in [-0.3, -0.25) is 0 Å². The van der Waals surface area contributed by atoms with Crippen LogP contribution in [0.4, 0.5) is 0 Å². The molecule has 0 spiro atoms. The van der Waals surface area contributed by atoms with E-state index in [1.807, 2.05) is 0 Å². The van der Waals surface area contributed by atoms with E-state index in [1.54, 1.807) is 6.26 Å². The first-order valence-electron chi connectivity index (χ1n) is 2.99. The van der Waals surface area contributed by atoms with Crippen molar-refractivity contribution in [3.8, 4) is 0 Å². The Hall–Kier alpha value is -0.570. The van der Waals surface area contributed by atoms with Crippen molar-refractivity contribution in [1.29, 1.82) is 0 Å². The molecular formula is C6H9NOS. The third-order valence-electron chi connectivity index (χ3n) is 1.09. The SMILES string of the molecule is CCCc1coc(=S)[nH]1. The molecule has 0 saturated heterocycles. The second-order valence-electron chi connectivity index (χ2n) is 1.92. The highest BCUT2D eigenvalue weighted by molar-refractivity contribution is 7.71. The van der Waals surface area contributed by atoms with Crippen LogP contribution in [0.3, 0.4) is 0 Å². The molecule has 0 bridgehead atoms. The number of rotatable bonds is 2. The number of aryl methyl sites for hydroxylation is 1. The molecule has 9 heavy (non-hydrogen) atoms. The molecule has 0 amide bonds. The van der Waals surface area contributed by atoms with Gasteiger partial charge in [-0.05, 0) is 18.6 Å². The number of H-pyrrole nitrogens is 1. The summed E-state index contributed by atoms with van der Waals surface area (Å²) in [4.78, 5) is 3.40. The predicted octanol–water partition coefficient (Wildman–Crippen LogP) is 2.29. The summed E-state index contributed by atoms with van der Waals surface area (Å²) >= 11 is 4.72. The van der Waals surface area contributed by atoms with Crippen molar-refractivity contribution in [2.75, 3.05) is 0 Å². The van der Waals surface area contributed by atoms with Crippen molar-refractivity contribution in [2.45, 2.75) is 19.8 Å². The van der Waals surface area contributed by atoms with Gasteiger partial charge in [0.1, 0.15) is 6.26 Å². The number of oxazole rings is 1. The standard InChI is InChI=1S/C6H9NOS/c1-2-3-5-4-8-6(9)7-5/h4H,2-3H2,1H3,(H,7,9). The van der Waals surface area contributed by atoms with E-state index in [0.29, 0.717) is 4.84 Å². The van der Waals surface area contributed by atoms with Crippen molar-refractivity contribution in [2.24, 2.45) is 0 Å². The molecule has 1 rings (SSSR count). The van der Waals surface area contributed by atoms with E-state index < -0.39 is 0 Å². The van der Waals surface area contributed by atoms with Crippen LogP contribution < -0.4 is 0 Å². The van der Waals surface area contributed by atoms with Crippen molar-refractivity contribution < 1.29 is 4.42 Å². The lowest BCUT2D eigenvalue weighted by Crippen LogP contribution is -1.79. The summed E-state index contributed by atoms with van der Waals surface area (Å²) in [5.41, 5.74) is 1.09. The monoisotopic (exact) mass is 143 g/mol. The van der Waals surface area contributed by atoms with Crippen LogP contribution in [0.25, 0.3) is 0 Å². The Morgan fingerprint density at radius 1 is 1.78 bits per heavy atom. The Balaban J connectivity index is 2.73. The lowest BCUT2D eigenvalue weighted by molar-refractivity contribution is 0.539. The Kier molecular flexibility index (Phi) is 2.05. The first-order valence-corrected chi connectivity index (χ1v) is 3.40. The smallest absolute Gasteiger partial charge is 0.266 e. The number of aromatic amines is 1. The maximum Gasteiger partial charge on any atom is 0.266 e. The lowest BCUT2D eigenvalue weighted by atomic mass is 10.3. The van der Waals surface area contributed by atoms with Gasteiger partial charge in [0.05, 0.1) is 5.69 Å². The molecule has 0 aliphatic carbocycles. The van der Waals surface area contributed by atoms with E-state index >= 15 is 0 Å². The number of nitrogens with one attached hydrogen (secondary N) is 1. The molecule has 1 aromatic heterocycles. The predicted molar refractivity (Wildman–Crippen MR) is 37.9 cm³/mol. The number of hydrogen-bond donors (Lipinski definition) is 1. The Labute approximate surface area is 58.9 Å². The highest BCUT2D eigenvalue weighted by Gasteiger charge is 1.91. The molecule has 0 saturated carbocycles. The highest BCUT2D eigenvalue weighted by atomic mass is 32.1. The van der Waals surface area contributed by atoms with Crippen LogP contribution in [0.2, 0.25) is 0 Å². The zero-order valence-corrected chi connectivity index (χ0v) is 6.12. The third-order valence-corrected chi connectivity index (χ3v) is 1.29. The van der Waals surface area contributed by atoms with E-state index in [-0.39, 0.29) is 0 Å². The van der Waals surface area contributed by atoms with Gasteiger partial charge in [0.15, 0.2) is 0 Å². The highest BCUT2D eigenvalue weighted by Crippen LogP contribution is 1.99. The Bertz CT molecular complexity index is 225. The second-order valence-corrected chi connectivity index (χ2v) is 2.29. The minimum Gasteiger partial charge on any atom is -0.438 e. The molecule has 0 aliphatic rings. The second kappa shape index (κ2) is 2.82. The molecule has 3 heteroatoms. The van der Waals surface area contributed by atoms with Crippen molar-refractivity contribution >= 4 is 12.2 Å². The summed E-state index contributed by atoms with van der Waals surface area (Å²) in [5, 5.41) is 0. The normalized spacial score (nSPS) is 9.89. The average molecular weight is 143 g/mol. The molecule has 0 radical (unpaired) electrons. The van der Waals surface area contributed by atoms with E-state index in [0.717, 1.165) is 18.5 Å². The van der Waals surface area contributed by atoms with Gasteiger partial charge in [-0.25, -0.2) is 0 Å². The van der Waals surface area contributed by atoms with Crippen LogP contribution in [0.1, 0.15) is 19.0 Å². The van der Waals surface area contributed by atoms with Crippen LogP contribution in [-0.4, -0.2) is 4.98 Å². The van der Waals surface area contributed by atoms with Crippen LogP contribution in [0, 0.1) is 4.84 Å². The molecule has 1 heterocycles. The molecule has 2 nitrogen and oxygen atoms in total. The van der Waals surface area contributed by atoms with Gasteiger partial charge >= 0.3 is 0 Å². The fraction of sp³-hybridized carbons (Fsp3) is 0.500. The molecule has 1 aromatic rings. The third kappa shape index (κ3) is 1.68. The van der Waals surface area contributed by atoms with Gasteiger partial charge in [0, 0.05) is 0 Å². The Morgan fingerprint density at radius 2 is 2.56 bits per heavy atom. The lowest BCUT2D eigenvalue weighted by Gasteiger charge is -1.84. The molecule has 0 aliphatic heterocycles. The largest absolute Gasteiger partial charge is 0.438 e. The minimum atomic E-state index is 0.471. The summed E-state index contributed by atoms with van der Waals surface area (Å²) in [6.07, 6.45) is 3.80. The van der Waals surface area contributed by atoms with E-state index in [4.69, 9.17) is 16.6 Å². The Morgan fingerprint density at radius 3 is 3.00 bits per heavy atom. The maximum absolute atomic E-state index is 4.88. The van der Waals surface area contributed by atoms with Gasteiger partial charge in [0.25, 0.3) is 4.84 Å². The van der Waals surface area contributed by atoms with E-state index in [1.165, 1.54) is 0 Å². The molecule has 50 valence electrons. The quantitative estimate of drug-likeness (QED) is 0.643. The molecule has 1 N–H and O–H groups in total. The summed E-state index contributed by atoms with van der Waals surface area (Å²) in [6.45, 7) is 2.11. The number of aromatic nitrogens is 1. The van der Waals surface area contributed by atoms with Crippen molar-refractivity contribution in [1.82, 2.24) is 4.98 Å². The van der Waals surface area contributed by atoms with E-state index in [9.17, 15) is 0 Å². The minimum absolute atomic E-state index is 0.471. The number of hydrogen-bond acceptors (Lipinski definition) is 2. The van der Waals surface area contributed by atoms with Gasteiger partial charge in [-0.1, -0.05) is 13.3 Å². The van der Waals surface area contributed by atoms with Gasteiger partial charge < -0.3 is 9.40 Å². The maximum atomic E-state index is 4.88. The van der Waals surface area contributed by atoms with Crippen LogP contribution in [-0.2, 0) is 6.42 Å². The molecule has 0 aromatic carbocycles. The van der Waals surface area contributed by atoms with Gasteiger partial charge in [0.2, 0.25) is 0 Å². The van der Waals surface area contributed by atoms with Crippen LogP contribution in [0.5, 0.6) is 0 Å². The topological polar surface area (TPSA) is 28.9 Å². The van der Waals surface area contributed by atoms with E-state index in [2.05, 4.69) is 11.9 Å². The first-order chi connectivity index (χ1) is 4.33. The summed E-state index contributed by atoms with van der Waals surface area (Å²) < 4.78 is 4.88.